The van der Waals surface area contributed by atoms with Crippen LogP contribution >= 0.6 is 0 Å². The van der Waals surface area contributed by atoms with Crippen molar-refractivity contribution in [3.63, 3.8) is 0 Å². The molecule has 0 N–H and O–H groups in total. The molecule has 0 atom stereocenters. The standard InChI is InChI=1S/C25H20/c1-19-15-24(21-11-6-3-7-12-21)18-25(16-19)23-14-8-13-22(17-23)20-9-4-2-5-10-20/h2-18H,1H3. The molecule has 0 saturated carbocycles. The summed E-state index contributed by atoms with van der Waals surface area (Å²) in [5.41, 5.74) is 8.81. The van der Waals surface area contributed by atoms with E-state index in [9.17, 15) is 0 Å². The molecule has 120 valence electrons. The van der Waals surface area contributed by atoms with Crippen LogP contribution in [0, 0.1) is 6.92 Å². The zero-order chi connectivity index (χ0) is 17.1. The molecule has 0 heteroatoms. The fourth-order valence-corrected chi connectivity index (χ4v) is 3.26. The first-order valence-electron chi connectivity index (χ1n) is 8.62. The normalized spacial score (nSPS) is 10.6. The van der Waals surface area contributed by atoms with Crippen molar-refractivity contribution >= 4 is 0 Å². The fourth-order valence-electron chi connectivity index (χ4n) is 3.26. The molecule has 0 bridgehead atoms. The maximum Gasteiger partial charge on any atom is -0.0175 e. The van der Waals surface area contributed by atoms with Gasteiger partial charge in [0, 0.05) is 0 Å². The topological polar surface area (TPSA) is 0 Å². The Morgan fingerprint density at radius 3 is 1.36 bits per heavy atom. The number of hydrogen-bond acceptors (Lipinski definition) is 0. The molecule has 4 rings (SSSR count). The van der Waals surface area contributed by atoms with E-state index in [-0.39, 0.29) is 0 Å². The van der Waals surface area contributed by atoms with Crippen molar-refractivity contribution in [3.8, 4) is 33.4 Å². The van der Waals surface area contributed by atoms with E-state index in [1.807, 2.05) is 0 Å². The summed E-state index contributed by atoms with van der Waals surface area (Å²) in [6.07, 6.45) is 0. The molecule has 0 nitrogen and oxygen atoms in total. The van der Waals surface area contributed by atoms with Gasteiger partial charge in [-0.1, -0.05) is 91.0 Å². The number of hydrogen-bond donors (Lipinski definition) is 0. The zero-order valence-corrected chi connectivity index (χ0v) is 14.3. The largest absolute Gasteiger partial charge is 0.0622 e. The highest BCUT2D eigenvalue weighted by Crippen LogP contribution is 2.30. The van der Waals surface area contributed by atoms with Gasteiger partial charge in [0.15, 0.2) is 0 Å². The van der Waals surface area contributed by atoms with E-state index in [0.29, 0.717) is 0 Å². The van der Waals surface area contributed by atoms with Gasteiger partial charge < -0.3 is 0 Å². The quantitative estimate of drug-likeness (QED) is 0.381. The summed E-state index contributed by atoms with van der Waals surface area (Å²) < 4.78 is 0. The molecule has 0 fully saturated rings. The molecular formula is C25H20. The minimum atomic E-state index is 1.25. The van der Waals surface area contributed by atoms with Gasteiger partial charge in [-0.2, -0.15) is 0 Å². The van der Waals surface area contributed by atoms with Crippen molar-refractivity contribution in [1.29, 1.82) is 0 Å². The number of aryl methyl sites for hydroxylation is 1. The Balaban J connectivity index is 1.79. The third-order valence-corrected chi connectivity index (χ3v) is 4.49. The second-order valence-electron chi connectivity index (χ2n) is 6.40. The third kappa shape index (κ3) is 3.39. The molecule has 0 aliphatic heterocycles. The van der Waals surface area contributed by atoms with E-state index in [0.717, 1.165) is 0 Å². The summed E-state index contributed by atoms with van der Waals surface area (Å²) in [5, 5.41) is 0. The van der Waals surface area contributed by atoms with Crippen LogP contribution in [0.5, 0.6) is 0 Å². The lowest BCUT2D eigenvalue weighted by molar-refractivity contribution is 1.46. The summed E-state index contributed by atoms with van der Waals surface area (Å²) in [6.45, 7) is 2.16. The van der Waals surface area contributed by atoms with Crippen molar-refractivity contribution in [1.82, 2.24) is 0 Å². The van der Waals surface area contributed by atoms with E-state index < -0.39 is 0 Å². The Morgan fingerprint density at radius 1 is 0.360 bits per heavy atom. The first-order valence-corrected chi connectivity index (χ1v) is 8.62. The summed E-state index contributed by atoms with van der Waals surface area (Å²) in [7, 11) is 0. The molecule has 0 spiro atoms. The first kappa shape index (κ1) is 15.4. The Labute approximate surface area is 149 Å². The van der Waals surface area contributed by atoms with Crippen molar-refractivity contribution in [3.05, 3.63) is 109 Å². The van der Waals surface area contributed by atoms with Crippen molar-refractivity contribution < 1.29 is 0 Å². The average Bonchev–Trinajstić information content (AvgIpc) is 2.69. The van der Waals surface area contributed by atoms with Crippen LogP contribution in [-0.4, -0.2) is 0 Å². The first-order chi connectivity index (χ1) is 12.3. The maximum absolute atomic E-state index is 2.28. The lowest BCUT2D eigenvalue weighted by Crippen LogP contribution is -1.85. The predicted molar refractivity (Wildman–Crippen MR) is 107 cm³/mol. The smallest absolute Gasteiger partial charge is 0.0175 e. The van der Waals surface area contributed by atoms with Crippen LogP contribution in [0.2, 0.25) is 0 Å². The second kappa shape index (κ2) is 6.78. The van der Waals surface area contributed by atoms with Gasteiger partial charge in [0.1, 0.15) is 0 Å². The second-order valence-corrected chi connectivity index (χ2v) is 6.40. The highest BCUT2D eigenvalue weighted by molar-refractivity contribution is 5.77. The lowest BCUT2D eigenvalue weighted by Gasteiger charge is -2.10. The molecule has 25 heavy (non-hydrogen) atoms. The van der Waals surface area contributed by atoms with Crippen LogP contribution in [0.25, 0.3) is 33.4 Å². The molecule has 0 unspecified atom stereocenters. The van der Waals surface area contributed by atoms with Crippen molar-refractivity contribution in [2.24, 2.45) is 0 Å². The van der Waals surface area contributed by atoms with Crippen LogP contribution in [0.1, 0.15) is 5.56 Å². The summed E-state index contributed by atoms with van der Waals surface area (Å²) in [5.74, 6) is 0. The summed E-state index contributed by atoms with van der Waals surface area (Å²) in [6, 6.07) is 36.7. The van der Waals surface area contributed by atoms with Crippen LogP contribution < -0.4 is 0 Å². The third-order valence-electron chi connectivity index (χ3n) is 4.49. The van der Waals surface area contributed by atoms with E-state index >= 15 is 0 Å². The number of benzene rings is 4. The van der Waals surface area contributed by atoms with Gasteiger partial charge in [0.25, 0.3) is 0 Å². The van der Waals surface area contributed by atoms with Crippen LogP contribution in [0.4, 0.5) is 0 Å². The van der Waals surface area contributed by atoms with Crippen molar-refractivity contribution in [2.45, 2.75) is 6.92 Å². The van der Waals surface area contributed by atoms with Gasteiger partial charge in [-0.25, -0.2) is 0 Å². The van der Waals surface area contributed by atoms with E-state index in [1.54, 1.807) is 0 Å². The monoisotopic (exact) mass is 320 g/mol. The van der Waals surface area contributed by atoms with Gasteiger partial charge in [0.05, 0.1) is 0 Å². The highest BCUT2D eigenvalue weighted by Gasteiger charge is 2.05. The maximum atomic E-state index is 2.28. The van der Waals surface area contributed by atoms with Crippen LogP contribution in [-0.2, 0) is 0 Å². The fraction of sp³-hybridized carbons (Fsp3) is 0.0400. The zero-order valence-electron chi connectivity index (χ0n) is 14.3. The van der Waals surface area contributed by atoms with Crippen LogP contribution in [0.3, 0.4) is 0 Å². The Morgan fingerprint density at radius 2 is 0.760 bits per heavy atom. The van der Waals surface area contributed by atoms with Gasteiger partial charge in [-0.15, -0.1) is 0 Å². The van der Waals surface area contributed by atoms with Gasteiger partial charge in [-0.3, -0.25) is 0 Å². The molecular weight excluding hydrogens is 300 g/mol. The SMILES string of the molecule is Cc1cc(-c2ccccc2)cc(-c2cccc(-c3ccccc3)c2)c1. The Bertz CT molecular complexity index is 983. The summed E-state index contributed by atoms with van der Waals surface area (Å²) in [4.78, 5) is 0. The molecule has 4 aromatic carbocycles. The molecule has 0 aromatic heterocycles. The highest BCUT2D eigenvalue weighted by atomic mass is 14.1. The molecule has 0 amide bonds. The lowest BCUT2D eigenvalue weighted by atomic mass is 9.94. The number of rotatable bonds is 3. The molecule has 4 aromatic rings. The molecule has 0 aliphatic carbocycles. The summed E-state index contributed by atoms with van der Waals surface area (Å²) >= 11 is 0. The average molecular weight is 320 g/mol. The van der Waals surface area contributed by atoms with E-state index in [1.165, 1.54) is 38.9 Å². The van der Waals surface area contributed by atoms with E-state index in [2.05, 4.69) is 110 Å². The van der Waals surface area contributed by atoms with Gasteiger partial charge in [-0.05, 0) is 58.0 Å². The van der Waals surface area contributed by atoms with Crippen LogP contribution in [0.15, 0.2) is 103 Å². The molecule has 0 radical (unpaired) electrons. The molecule has 0 saturated heterocycles. The molecule has 0 heterocycles. The molecule has 0 aliphatic rings. The Hall–Kier alpha value is -3.12. The van der Waals surface area contributed by atoms with Gasteiger partial charge >= 0.3 is 0 Å². The minimum absolute atomic E-state index is 1.25. The van der Waals surface area contributed by atoms with Gasteiger partial charge in [0.2, 0.25) is 0 Å². The van der Waals surface area contributed by atoms with Crippen molar-refractivity contribution in [2.75, 3.05) is 0 Å². The Kier molecular flexibility index (Phi) is 4.18. The predicted octanol–water partition coefficient (Wildman–Crippen LogP) is 7.00. The minimum Gasteiger partial charge on any atom is -0.0622 e. The van der Waals surface area contributed by atoms with E-state index in [4.69, 9.17) is 0 Å².